The fourth-order valence-corrected chi connectivity index (χ4v) is 2.74. The molecule has 0 saturated heterocycles. The lowest BCUT2D eigenvalue weighted by Gasteiger charge is -2.27. The molecular formula is C20H34N4O9. The maximum absolute atomic E-state index is 12.8. The fourth-order valence-electron chi connectivity index (χ4n) is 2.74. The van der Waals surface area contributed by atoms with Crippen LogP contribution in [0, 0.1) is 11.8 Å². The van der Waals surface area contributed by atoms with Crippen LogP contribution in [0.4, 0.5) is 0 Å². The van der Waals surface area contributed by atoms with Gasteiger partial charge in [0.05, 0.1) is 12.5 Å². The van der Waals surface area contributed by atoms with Gasteiger partial charge in [0.15, 0.2) is 0 Å². The minimum atomic E-state index is -1.66. The highest BCUT2D eigenvalue weighted by Crippen LogP contribution is 2.09. The second kappa shape index (κ2) is 14.0. The molecule has 0 aromatic carbocycles. The highest BCUT2D eigenvalue weighted by atomic mass is 16.4. The van der Waals surface area contributed by atoms with Gasteiger partial charge in [-0.05, 0) is 18.3 Å². The van der Waals surface area contributed by atoms with Crippen molar-refractivity contribution in [2.24, 2.45) is 17.6 Å². The number of carbonyl (C=O) groups is 6. The number of rotatable bonds is 15. The Morgan fingerprint density at radius 3 is 1.76 bits per heavy atom. The Kier molecular flexibility index (Phi) is 12.7. The van der Waals surface area contributed by atoms with Gasteiger partial charge in [0.25, 0.3) is 0 Å². The summed E-state index contributed by atoms with van der Waals surface area (Å²) in [6.07, 6.45) is -1.23. The zero-order valence-corrected chi connectivity index (χ0v) is 19.2. The van der Waals surface area contributed by atoms with Gasteiger partial charge in [0.2, 0.25) is 17.7 Å². The molecule has 0 aliphatic carbocycles. The van der Waals surface area contributed by atoms with Crippen molar-refractivity contribution >= 4 is 35.6 Å². The van der Waals surface area contributed by atoms with Crippen LogP contribution in [0.25, 0.3) is 0 Å². The summed E-state index contributed by atoms with van der Waals surface area (Å²) in [4.78, 5) is 70.9. The van der Waals surface area contributed by atoms with E-state index in [1.54, 1.807) is 20.8 Å². The van der Waals surface area contributed by atoms with Crippen molar-refractivity contribution in [1.82, 2.24) is 16.0 Å². The van der Waals surface area contributed by atoms with Crippen LogP contribution in [0.15, 0.2) is 0 Å². The SMILES string of the molecule is CCC(C)C(N)C(=O)NC(C(=O)NC(CC(=O)O)C(=O)NC(CCC(=O)O)C(=O)O)C(C)C. The van der Waals surface area contributed by atoms with Gasteiger partial charge in [-0.15, -0.1) is 0 Å². The van der Waals surface area contributed by atoms with Crippen molar-refractivity contribution in [2.75, 3.05) is 0 Å². The van der Waals surface area contributed by atoms with E-state index in [0.29, 0.717) is 6.42 Å². The molecule has 0 radical (unpaired) electrons. The Bertz CT molecular complexity index is 741. The molecule has 5 atom stereocenters. The molecular weight excluding hydrogens is 440 g/mol. The Morgan fingerprint density at radius 1 is 0.788 bits per heavy atom. The fraction of sp³-hybridized carbons (Fsp3) is 0.700. The summed E-state index contributed by atoms with van der Waals surface area (Å²) < 4.78 is 0. The molecule has 0 saturated carbocycles. The average molecular weight is 475 g/mol. The van der Waals surface area contributed by atoms with E-state index in [0.717, 1.165) is 0 Å². The molecule has 0 aromatic rings. The Labute approximate surface area is 191 Å². The van der Waals surface area contributed by atoms with Crippen LogP contribution < -0.4 is 21.7 Å². The largest absolute Gasteiger partial charge is 0.481 e. The van der Waals surface area contributed by atoms with Crippen LogP contribution in [-0.4, -0.2) is 75.1 Å². The van der Waals surface area contributed by atoms with E-state index in [1.165, 1.54) is 0 Å². The van der Waals surface area contributed by atoms with Crippen LogP contribution in [0.2, 0.25) is 0 Å². The van der Waals surface area contributed by atoms with E-state index in [2.05, 4.69) is 10.6 Å². The second-order valence-corrected chi connectivity index (χ2v) is 8.13. The van der Waals surface area contributed by atoms with Crippen molar-refractivity contribution in [3.63, 3.8) is 0 Å². The minimum absolute atomic E-state index is 0.162. The van der Waals surface area contributed by atoms with Gasteiger partial charge in [0.1, 0.15) is 18.1 Å². The lowest BCUT2D eigenvalue weighted by atomic mass is 9.97. The third-order valence-corrected chi connectivity index (χ3v) is 5.08. The molecule has 13 heteroatoms. The summed E-state index contributed by atoms with van der Waals surface area (Å²) in [7, 11) is 0. The van der Waals surface area contributed by atoms with Crippen molar-refractivity contribution in [2.45, 2.75) is 77.5 Å². The summed E-state index contributed by atoms with van der Waals surface area (Å²) in [5.74, 6) is -7.41. The van der Waals surface area contributed by atoms with E-state index in [1.807, 2.05) is 12.2 Å². The molecule has 0 heterocycles. The monoisotopic (exact) mass is 474 g/mol. The molecule has 33 heavy (non-hydrogen) atoms. The molecule has 3 amide bonds. The van der Waals surface area contributed by atoms with Crippen molar-refractivity contribution in [1.29, 1.82) is 0 Å². The lowest BCUT2D eigenvalue weighted by molar-refractivity contribution is -0.144. The molecule has 0 spiro atoms. The minimum Gasteiger partial charge on any atom is -0.481 e. The van der Waals surface area contributed by atoms with E-state index < -0.39 is 85.0 Å². The summed E-state index contributed by atoms with van der Waals surface area (Å²) in [6, 6.07) is -5.29. The number of aliphatic carboxylic acids is 3. The topological polar surface area (TPSA) is 225 Å². The first-order valence-electron chi connectivity index (χ1n) is 10.5. The molecule has 0 aliphatic rings. The average Bonchev–Trinajstić information content (AvgIpc) is 2.71. The molecule has 0 fully saturated rings. The van der Waals surface area contributed by atoms with Crippen LogP contribution in [0.5, 0.6) is 0 Å². The lowest BCUT2D eigenvalue weighted by Crippen LogP contribution is -2.59. The van der Waals surface area contributed by atoms with Crippen LogP contribution in [-0.2, 0) is 28.8 Å². The van der Waals surface area contributed by atoms with Crippen LogP contribution in [0.3, 0.4) is 0 Å². The van der Waals surface area contributed by atoms with Gasteiger partial charge in [-0.25, -0.2) is 4.79 Å². The first-order chi connectivity index (χ1) is 15.2. The van der Waals surface area contributed by atoms with Gasteiger partial charge in [0, 0.05) is 6.42 Å². The van der Waals surface area contributed by atoms with Gasteiger partial charge in [-0.1, -0.05) is 34.1 Å². The predicted molar refractivity (Wildman–Crippen MR) is 115 cm³/mol. The highest BCUT2D eigenvalue weighted by Gasteiger charge is 2.33. The third kappa shape index (κ3) is 10.8. The van der Waals surface area contributed by atoms with Gasteiger partial charge < -0.3 is 37.0 Å². The number of amides is 3. The van der Waals surface area contributed by atoms with Gasteiger partial charge >= 0.3 is 17.9 Å². The molecule has 13 nitrogen and oxygen atoms in total. The number of nitrogens with one attached hydrogen (secondary N) is 3. The summed E-state index contributed by atoms with van der Waals surface area (Å²) in [5, 5.41) is 33.8. The predicted octanol–water partition coefficient (Wildman–Crippen LogP) is -1.11. The number of carbonyl (C=O) groups excluding carboxylic acids is 3. The number of nitrogens with two attached hydrogens (primary N) is 1. The van der Waals surface area contributed by atoms with Crippen LogP contribution in [0.1, 0.15) is 53.4 Å². The molecule has 0 aliphatic heterocycles. The number of hydrogen-bond donors (Lipinski definition) is 7. The summed E-state index contributed by atoms with van der Waals surface area (Å²) in [6.45, 7) is 6.86. The first-order valence-corrected chi connectivity index (χ1v) is 10.5. The van der Waals surface area contributed by atoms with E-state index in [-0.39, 0.29) is 5.92 Å². The number of hydrogen-bond acceptors (Lipinski definition) is 7. The Balaban J connectivity index is 5.49. The first kappa shape index (κ1) is 29.8. The number of carboxylic acids is 3. The summed E-state index contributed by atoms with van der Waals surface area (Å²) in [5.41, 5.74) is 5.89. The van der Waals surface area contributed by atoms with Gasteiger partial charge in [-0.3, -0.25) is 24.0 Å². The quantitative estimate of drug-likeness (QED) is 0.151. The Hall–Kier alpha value is -3.22. The maximum Gasteiger partial charge on any atom is 0.326 e. The normalized spacial score (nSPS) is 15.5. The van der Waals surface area contributed by atoms with E-state index in [4.69, 9.17) is 15.9 Å². The zero-order valence-electron chi connectivity index (χ0n) is 19.2. The smallest absolute Gasteiger partial charge is 0.326 e. The highest BCUT2D eigenvalue weighted by molar-refractivity contribution is 5.95. The van der Waals surface area contributed by atoms with Crippen molar-refractivity contribution in [3.05, 3.63) is 0 Å². The third-order valence-electron chi connectivity index (χ3n) is 5.08. The molecule has 0 bridgehead atoms. The molecule has 0 rings (SSSR count). The van der Waals surface area contributed by atoms with E-state index in [9.17, 15) is 33.9 Å². The van der Waals surface area contributed by atoms with Crippen molar-refractivity contribution in [3.8, 4) is 0 Å². The second-order valence-electron chi connectivity index (χ2n) is 8.13. The Morgan fingerprint density at radius 2 is 1.33 bits per heavy atom. The van der Waals surface area contributed by atoms with E-state index >= 15 is 0 Å². The van der Waals surface area contributed by atoms with Crippen molar-refractivity contribution < 1.29 is 44.1 Å². The molecule has 0 aromatic heterocycles. The zero-order chi connectivity index (χ0) is 25.9. The molecule has 8 N–H and O–H groups in total. The van der Waals surface area contributed by atoms with Crippen LogP contribution >= 0.6 is 0 Å². The van der Waals surface area contributed by atoms with Gasteiger partial charge in [-0.2, -0.15) is 0 Å². The molecule has 188 valence electrons. The number of carboxylic acid groups (broad SMARTS) is 3. The molecule has 5 unspecified atom stereocenters. The summed E-state index contributed by atoms with van der Waals surface area (Å²) >= 11 is 0. The maximum atomic E-state index is 12.8. The standard InChI is InChI=1S/C20H34N4O9/c1-5-10(4)15(21)18(30)24-16(9(2)3)19(31)23-12(8-14(27)28)17(29)22-11(20(32)33)6-7-13(25)26/h9-12,15-16H,5-8,21H2,1-4H3,(H,22,29)(H,23,31)(H,24,30)(H,25,26)(H,27,28)(H,32,33).